The van der Waals surface area contributed by atoms with Crippen molar-refractivity contribution in [3.05, 3.63) is 269 Å². The van der Waals surface area contributed by atoms with Crippen LogP contribution in [0.1, 0.15) is 265 Å². The number of nitrogens with zero attached hydrogens (tertiary/aromatic N) is 4. The fourth-order valence-corrected chi connectivity index (χ4v) is 34.0. The molecule has 0 atom stereocenters. The van der Waals surface area contributed by atoms with Gasteiger partial charge in [-0.05, 0) is 481 Å². The molecule has 0 spiro atoms. The van der Waals surface area contributed by atoms with Gasteiger partial charge >= 0.3 is 0 Å². The lowest BCUT2D eigenvalue weighted by atomic mass is 9.48. The molecule has 16 fully saturated rings. The molecule has 124 heavy (non-hydrogen) atoms. The fraction of sp³-hybridized carbons (Fsp3) is 0.467. The van der Waals surface area contributed by atoms with E-state index in [0.29, 0.717) is 0 Å². The zero-order valence-electron chi connectivity index (χ0n) is 77.7. The summed E-state index contributed by atoms with van der Waals surface area (Å²) in [4.78, 5) is 11.4. The van der Waals surface area contributed by atoms with Crippen LogP contribution >= 0.6 is 0 Å². The molecule has 0 radical (unpaired) electrons. The van der Waals surface area contributed by atoms with Crippen LogP contribution in [0.25, 0.3) is 32.3 Å². The summed E-state index contributed by atoms with van der Waals surface area (Å²) in [5.74, 6) is 10.2. The Bertz CT molecular complexity index is 5380. The SMILES string of the molecule is Cc1cccc(C)c1N(c1c(C)cc(C23CC4CC(CC(C4)C2)C3)cc1C)c1cc(N(c2c(C)cccc2C)c2c(C)cc(C34CC5CC(CC(C5)C3)C4)cc2C)c2ccc3c(N(c4c(C)cccc4C)c4c(C)cc(C56CC7CC(CC(C7)C5)C6)cc4C)cc(N(c4c(C)cccc4C)c4c(C)cc(C56CC7CC(CC(C7)C5)C6)cc4C)c4ccc1c2c43. The monoisotopic (exact) mass is 1630 g/mol. The lowest BCUT2D eigenvalue weighted by molar-refractivity contribution is -0.00534. The summed E-state index contributed by atoms with van der Waals surface area (Å²) in [6, 6.07) is 66.4. The first-order chi connectivity index (χ1) is 59.7. The van der Waals surface area contributed by atoms with Crippen molar-refractivity contribution < 1.29 is 0 Å². The molecule has 0 aromatic heterocycles. The van der Waals surface area contributed by atoms with Crippen molar-refractivity contribution >= 4 is 101 Å². The molecule has 16 bridgehead atoms. The zero-order chi connectivity index (χ0) is 84.5. The molecule has 0 saturated heterocycles. The van der Waals surface area contributed by atoms with Crippen LogP contribution in [-0.2, 0) is 21.7 Å². The Morgan fingerprint density at radius 1 is 0.177 bits per heavy atom. The summed E-state index contributed by atoms with van der Waals surface area (Å²) in [6.07, 6.45) is 33.4. The predicted molar refractivity (Wildman–Crippen MR) is 524 cm³/mol. The molecular weight excluding hydrogens is 1500 g/mol. The second kappa shape index (κ2) is 28.2. The molecule has 16 aliphatic carbocycles. The Morgan fingerprint density at radius 3 is 0.460 bits per heavy atom. The van der Waals surface area contributed by atoms with E-state index in [4.69, 9.17) is 0 Å². The Hall–Kier alpha value is -9.12. The highest BCUT2D eigenvalue weighted by Gasteiger charge is 2.57. The summed E-state index contributed by atoms with van der Waals surface area (Å²) in [6.45, 7) is 39.3. The van der Waals surface area contributed by atoms with Crippen LogP contribution in [0.2, 0.25) is 0 Å². The maximum Gasteiger partial charge on any atom is 0.0562 e. The van der Waals surface area contributed by atoms with E-state index in [1.165, 1.54) is 344 Å². The van der Waals surface area contributed by atoms with Crippen LogP contribution in [0.15, 0.2) is 158 Å². The lowest BCUT2D eigenvalue weighted by Crippen LogP contribution is -2.48. The highest BCUT2D eigenvalue weighted by Crippen LogP contribution is 2.68. The highest BCUT2D eigenvalue weighted by atomic mass is 15.2. The molecular formula is C120H134N4. The van der Waals surface area contributed by atoms with Gasteiger partial charge in [0.25, 0.3) is 0 Å². The van der Waals surface area contributed by atoms with Crippen molar-refractivity contribution in [3.63, 3.8) is 0 Å². The van der Waals surface area contributed by atoms with Gasteiger partial charge in [0.2, 0.25) is 0 Å². The third kappa shape index (κ3) is 11.9. The molecule has 16 saturated carbocycles. The third-order valence-corrected chi connectivity index (χ3v) is 36.9. The summed E-state index contributed by atoms with van der Waals surface area (Å²) >= 11 is 0. The molecule has 0 aliphatic heterocycles. The summed E-state index contributed by atoms with van der Waals surface area (Å²) in [5.41, 5.74) is 43.9. The van der Waals surface area contributed by atoms with Crippen LogP contribution in [-0.4, -0.2) is 0 Å². The van der Waals surface area contributed by atoms with E-state index < -0.39 is 0 Å². The molecule has 634 valence electrons. The lowest BCUT2D eigenvalue weighted by Gasteiger charge is -2.57. The van der Waals surface area contributed by atoms with E-state index >= 15 is 0 Å². The number of hydrogen-bond acceptors (Lipinski definition) is 4. The first-order valence-electron chi connectivity index (χ1n) is 49.4. The van der Waals surface area contributed by atoms with Crippen LogP contribution in [0.3, 0.4) is 0 Å². The minimum atomic E-state index is 0.241. The first kappa shape index (κ1) is 78.4. The second-order valence-electron chi connectivity index (χ2n) is 45.8. The van der Waals surface area contributed by atoms with Crippen molar-refractivity contribution in [2.75, 3.05) is 19.6 Å². The largest absolute Gasteiger partial charge is 0.309 e. The topological polar surface area (TPSA) is 13.0 Å². The Labute approximate surface area is 741 Å². The van der Waals surface area contributed by atoms with E-state index in [0.717, 1.165) is 71.0 Å². The Kier molecular flexibility index (Phi) is 17.8. The van der Waals surface area contributed by atoms with Crippen molar-refractivity contribution in [2.45, 2.75) is 287 Å². The maximum atomic E-state index is 2.84. The van der Waals surface area contributed by atoms with Crippen molar-refractivity contribution in [1.29, 1.82) is 0 Å². The molecule has 12 aromatic carbocycles. The van der Waals surface area contributed by atoms with Crippen molar-refractivity contribution in [3.8, 4) is 0 Å². The molecule has 16 aliphatic rings. The highest BCUT2D eigenvalue weighted by molar-refractivity contribution is 6.33. The van der Waals surface area contributed by atoms with Gasteiger partial charge in [0.05, 0.1) is 68.2 Å². The maximum absolute atomic E-state index is 2.84. The normalized spacial score (nSPS) is 29.5. The summed E-state index contributed by atoms with van der Waals surface area (Å²) in [7, 11) is 0. The van der Waals surface area contributed by atoms with Gasteiger partial charge in [-0.2, -0.15) is 0 Å². The number of para-hydroxylation sites is 4. The molecule has 28 rings (SSSR count). The Balaban J connectivity index is 0.840. The number of anilines is 12. The smallest absolute Gasteiger partial charge is 0.0562 e. The van der Waals surface area contributed by atoms with Gasteiger partial charge < -0.3 is 19.6 Å². The van der Waals surface area contributed by atoms with Crippen LogP contribution < -0.4 is 19.6 Å². The molecule has 0 N–H and O–H groups in total. The fourth-order valence-electron chi connectivity index (χ4n) is 34.0. The van der Waals surface area contributed by atoms with Crippen molar-refractivity contribution in [1.82, 2.24) is 0 Å². The van der Waals surface area contributed by atoms with Crippen LogP contribution in [0.5, 0.6) is 0 Å². The van der Waals surface area contributed by atoms with Gasteiger partial charge in [0.1, 0.15) is 0 Å². The first-order valence-corrected chi connectivity index (χ1v) is 49.4. The van der Waals surface area contributed by atoms with Gasteiger partial charge in [-0.3, -0.25) is 0 Å². The average molecular weight is 1630 g/mol. The van der Waals surface area contributed by atoms with Gasteiger partial charge in [-0.1, -0.05) is 146 Å². The Morgan fingerprint density at radius 2 is 0.315 bits per heavy atom. The van der Waals surface area contributed by atoms with E-state index in [9.17, 15) is 0 Å². The van der Waals surface area contributed by atoms with Crippen molar-refractivity contribution in [2.24, 2.45) is 71.0 Å². The molecule has 0 heterocycles. The van der Waals surface area contributed by atoms with E-state index in [2.05, 4.69) is 288 Å². The molecule has 12 aromatic rings. The third-order valence-electron chi connectivity index (χ3n) is 36.9. The van der Waals surface area contributed by atoms with E-state index in [1.807, 2.05) is 0 Å². The minimum absolute atomic E-state index is 0.241. The number of aryl methyl sites for hydroxylation is 16. The summed E-state index contributed by atoms with van der Waals surface area (Å²) in [5, 5.41) is 7.73. The standard InChI is InChI=1S/C120H134N4/c1-67-21-17-22-68(2)109(67)121(113-75(9)33-95(34-76(113)10)117-55-83-41-84(56-117)43-85(42-83)57-117)103-53-104(122(110-69(3)23-18-24-70(110)4)114-77(11)35-96(36-78(114)12)118-58-86-44-87(59-118)46-88(45-86)60-118)100-31-32-102-106(124(112-73(7)27-20-28-74(112)8)116-81(15)39-98(40-82(116)16)120-64-92-50-93(65-120)52-94(51-92)66-120)54-105(101-30-29-99(103)107(100)108(101)102)123(111-71(5)25-19-26-72(111)6)115-79(13)37-97(38-80(115)14)119-61-89-47-90(62-119)49-91(48-89)63-119/h17-40,53-54,83-94H,41-52,55-66H2,1-16H3. The zero-order valence-corrected chi connectivity index (χ0v) is 77.7. The van der Waals surface area contributed by atoms with E-state index in [-0.39, 0.29) is 21.7 Å². The van der Waals surface area contributed by atoms with Crippen LogP contribution in [0.4, 0.5) is 68.2 Å². The van der Waals surface area contributed by atoms with E-state index in [1.54, 1.807) is 22.3 Å². The average Bonchev–Trinajstić information content (AvgIpc) is 0.689. The van der Waals surface area contributed by atoms with Gasteiger partial charge in [0, 0.05) is 32.3 Å². The second-order valence-corrected chi connectivity index (χ2v) is 45.8. The molecule has 4 nitrogen and oxygen atoms in total. The predicted octanol–water partition coefficient (Wildman–Crippen LogP) is 33.3. The number of rotatable bonds is 16. The molecule has 0 unspecified atom stereocenters. The van der Waals surface area contributed by atoms with Gasteiger partial charge in [-0.25, -0.2) is 0 Å². The molecule has 0 amide bonds. The van der Waals surface area contributed by atoms with Crippen LogP contribution in [0, 0.1) is 182 Å². The van der Waals surface area contributed by atoms with Gasteiger partial charge in [-0.15, -0.1) is 0 Å². The molecule has 4 heteroatoms. The number of benzene rings is 12. The quantitative estimate of drug-likeness (QED) is 0.0894. The van der Waals surface area contributed by atoms with Gasteiger partial charge in [0.15, 0.2) is 0 Å². The summed E-state index contributed by atoms with van der Waals surface area (Å²) < 4.78 is 0. The minimum Gasteiger partial charge on any atom is -0.309 e. The number of hydrogen-bond donors (Lipinski definition) is 0.